The highest BCUT2D eigenvalue weighted by atomic mass is 16.2. The third-order valence-corrected chi connectivity index (χ3v) is 7.28. The molecule has 0 spiro atoms. The van der Waals surface area contributed by atoms with Crippen molar-refractivity contribution in [2.24, 2.45) is 22.7 Å². The summed E-state index contributed by atoms with van der Waals surface area (Å²) in [4.78, 5) is 21.5. The summed E-state index contributed by atoms with van der Waals surface area (Å²) in [7, 11) is 0. The summed E-state index contributed by atoms with van der Waals surface area (Å²) >= 11 is 0. The lowest BCUT2D eigenvalue weighted by Crippen LogP contribution is -2.32. The summed E-state index contributed by atoms with van der Waals surface area (Å²) in [6.45, 7) is 1.83. The van der Waals surface area contributed by atoms with Crippen molar-refractivity contribution in [1.82, 2.24) is 25.0 Å². The van der Waals surface area contributed by atoms with Crippen LogP contribution < -0.4 is 22.8 Å². The number of rotatable bonds is 6. The minimum absolute atomic E-state index is 0.130. The van der Waals surface area contributed by atoms with Crippen molar-refractivity contribution in [1.29, 1.82) is 0 Å². The quantitative estimate of drug-likeness (QED) is 0.137. The molecule has 1 saturated carbocycles. The van der Waals surface area contributed by atoms with Crippen LogP contribution in [0.3, 0.4) is 0 Å². The van der Waals surface area contributed by atoms with E-state index in [9.17, 15) is 4.79 Å². The first-order valence-electron chi connectivity index (χ1n) is 12.4. The van der Waals surface area contributed by atoms with E-state index in [1.807, 2.05) is 55.6 Å². The van der Waals surface area contributed by atoms with Crippen molar-refractivity contribution >= 4 is 23.1 Å². The number of nitrogens with two attached hydrogens (primary N) is 3. The van der Waals surface area contributed by atoms with Crippen molar-refractivity contribution in [3.05, 3.63) is 66.1 Å². The van der Waals surface area contributed by atoms with E-state index in [1.54, 1.807) is 10.7 Å². The van der Waals surface area contributed by atoms with Gasteiger partial charge in [-0.25, -0.2) is 10.8 Å². The van der Waals surface area contributed by atoms with Gasteiger partial charge >= 0.3 is 0 Å². The second-order valence-corrected chi connectivity index (χ2v) is 9.55. The number of benzene rings is 1. The number of nitrogens with zero attached hydrogens (tertiary/aromatic N) is 5. The molecule has 10 nitrogen and oxygen atoms in total. The number of nitrogen functional groups attached to an aromatic ring is 1. The summed E-state index contributed by atoms with van der Waals surface area (Å²) in [5.41, 5.74) is 15.5. The smallest absolute Gasteiger partial charge is 0.234 e. The molecule has 7 N–H and O–H groups in total. The number of hydrazone groups is 1. The lowest BCUT2D eigenvalue weighted by atomic mass is 9.78. The minimum atomic E-state index is -0.130. The first kappa shape index (κ1) is 24.4. The van der Waals surface area contributed by atoms with E-state index in [0.717, 1.165) is 59.3 Å². The zero-order valence-electron chi connectivity index (χ0n) is 20.8. The predicted octanol–water partition coefficient (Wildman–Crippen LogP) is 3.38. The molecular weight excluding hydrogens is 466 g/mol. The zero-order valence-corrected chi connectivity index (χ0v) is 20.8. The second-order valence-electron chi connectivity index (χ2n) is 9.55. The van der Waals surface area contributed by atoms with Gasteiger partial charge in [0, 0.05) is 35.2 Å². The van der Waals surface area contributed by atoms with Gasteiger partial charge in [0.1, 0.15) is 5.82 Å². The fraction of sp³-hybridized carbons (Fsp3) is 0.296. The molecule has 0 atom stereocenters. The molecule has 0 radical (unpaired) electrons. The highest BCUT2D eigenvalue weighted by molar-refractivity contribution is 6.04. The molecule has 0 unspecified atom stereocenters. The Labute approximate surface area is 215 Å². The van der Waals surface area contributed by atoms with E-state index >= 15 is 0 Å². The summed E-state index contributed by atoms with van der Waals surface area (Å²) in [6.07, 6.45) is 7.61. The molecule has 3 heterocycles. The van der Waals surface area contributed by atoms with Crippen LogP contribution in [0.15, 0.2) is 60.0 Å². The van der Waals surface area contributed by atoms with Gasteiger partial charge in [-0.05, 0) is 44.6 Å². The highest BCUT2D eigenvalue weighted by Crippen LogP contribution is 2.40. The highest BCUT2D eigenvalue weighted by Gasteiger charge is 2.29. The van der Waals surface area contributed by atoms with Gasteiger partial charge in [-0.1, -0.05) is 36.4 Å². The Balaban J connectivity index is 1.52. The van der Waals surface area contributed by atoms with E-state index in [1.165, 1.54) is 0 Å². The molecule has 1 aliphatic rings. The molecule has 0 bridgehead atoms. The van der Waals surface area contributed by atoms with Crippen molar-refractivity contribution < 1.29 is 4.79 Å². The Hall–Kier alpha value is -4.31. The van der Waals surface area contributed by atoms with Crippen LogP contribution in [-0.2, 0) is 4.79 Å². The lowest BCUT2D eigenvalue weighted by molar-refractivity contribution is -0.122. The zero-order chi connectivity index (χ0) is 25.9. The maximum atomic E-state index is 11.7. The average Bonchev–Trinajstić information content (AvgIpc) is 3.38. The maximum Gasteiger partial charge on any atom is 0.234 e. The van der Waals surface area contributed by atoms with Gasteiger partial charge < -0.3 is 11.6 Å². The molecule has 1 fully saturated rings. The number of hydrogen-bond acceptors (Lipinski definition) is 8. The number of carbonyl (C=O) groups excluding carboxylic acids is 1. The molecule has 1 aromatic carbocycles. The number of hydrogen-bond donors (Lipinski definition) is 4. The SMILES string of the molecule is C/C(=N\N)c1c(C2CCC(CC(=O)NN)CC2)nc2c(-c3ccc(-c4ccccc4)nc3)cnn2c1N. The van der Waals surface area contributed by atoms with Gasteiger partial charge in [0.25, 0.3) is 0 Å². The third kappa shape index (κ3) is 4.75. The Morgan fingerprint density at radius 2 is 1.84 bits per heavy atom. The molecule has 4 aromatic rings. The van der Waals surface area contributed by atoms with Crippen LogP contribution in [0.2, 0.25) is 0 Å². The van der Waals surface area contributed by atoms with E-state index in [0.29, 0.717) is 29.5 Å². The Morgan fingerprint density at radius 3 is 2.49 bits per heavy atom. The van der Waals surface area contributed by atoms with Gasteiger partial charge in [-0.15, -0.1) is 0 Å². The van der Waals surface area contributed by atoms with Gasteiger partial charge in [-0.3, -0.25) is 15.2 Å². The fourth-order valence-corrected chi connectivity index (χ4v) is 5.26. The van der Waals surface area contributed by atoms with Crippen LogP contribution in [0.1, 0.15) is 56.2 Å². The van der Waals surface area contributed by atoms with E-state index in [4.69, 9.17) is 22.4 Å². The summed E-state index contributed by atoms with van der Waals surface area (Å²) < 4.78 is 1.64. The summed E-state index contributed by atoms with van der Waals surface area (Å²) in [6, 6.07) is 14.1. The first-order valence-corrected chi connectivity index (χ1v) is 12.4. The standard InChI is InChI=1S/C27H31N9O/c1-16(34-29)24-25(19-9-7-17(8-10-19)13-23(37)35-30)33-27-21(15-32-36(27)26(24)28)20-11-12-22(31-14-20)18-5-3-2-4-6-18/h2-6,11-12,14-15,17,19H,7-10,13,28-30H2,1H3,(H,35,37)/b34-16+. The second kappa shape index (κ2) is 10.4. The molecule has 5 rings (SSSR count). The molecule has 10 heteroatoms. The average molecular weight is 498 g/mol. The van der Waals surface area contributed by atoms with Gasteiger partial charge in [-0.2, -0.15) is 14.7 Å². The number of amides is 1. The largest absolute Gasteiger partial charge is 0.383 e. The lowest BCUT2D eigenvalue weighted by Gasteiger charge is -2.29. The summed E-state index contributed by atoms with van der Waals surface area (Å²) in [5, 5.41) is 8.47. The number of pyridine rings is 1. The van der Waals surface area contributed by atoms with E-state index in [-0.39, 0.29) is 11.8 Å². The molecule has 0 aliphatic heterocycles. The van der Waals surface area contributed by atoms with E-state index in [2.05, 4.69) is 20.6 Å². The Bertz CT molecular complexity index is 1440. The van der Waals surface area contributed by atoms with E-state index < -0.39 is 0 Å². The van der Waals surface area contributed by atoms with Crippen molar-refractivity contribution in [3.63, 3.8) is 0 Å². The summed E-state index contributed by atoms with van der Waals surface area (Å²) in [5.74, 6) is 11.7. The monoisotopic (exact) mass is 497 g/mol. The number of anilines is 1. The van der Waals surface area contributed by atoms with Crippen LogP contribution in [0.5, 0.6) is 0 Å². The van der Waals surface area contributed by atoms with Crippen LogP contribution >= 0.6 is 0 Å². The number of aromatic nitrogens is 4. The number of fused-ring (bicyclic) bond motifs is 1. The topological polar surface area (TPSA) is 163 Å². The molecule has 37 heavy (non-hydrogen) atoms. The van der Waals surface area contributed by atoms with Gasteiger partial charge in [0.2, 0.25) is 5.91 Å². The fourth-order valence-electron chi connectivity index (χ4n) is 5.26. The Kier molecular flexibility index (Phi) is 6.82. The third-order valence-electron chi connectivity index (χ3n) is 7.28. The van der Waals surface area contributed by atoms with Crippen molar-refractivity contribution in [2.45, 2.75) is 44.9 Å². The van der Waals surface area contributed by atoms with Gasteiger partial charge in [0.15, 0.2) is 5.65 Å². The van der Waals surface area contributed by atoms with Crippen molar-refractivity contribution in [2.75, 3.05) is 5.73 Å². The van der Waals surface area contributed by atoms with Crippen LogP contribution in [-0.4, -0.2) is 31.2 Å². The number of nitrogens with one attached hydrogen (secondary N) is 1. The number of carbonyl (C=O) groups is 1. The number of hydrazine groups is 1. The minimum Gasteiger partial charge on any atom is -0.383 e. The van der Waals surface area contributed by atoms with Gasteiger partial charge in [0.05, 0.1) is 28.9 Å². The maximum absolute atomic E-state index is 11.7. The van der Waals surface area contributed by atoms with Crippen LogP contribution in [0, 0.1) is 5.92 Å². The molecule has 1 aliphatic carbocycles. The molecule has 3 aromatic heterocycles. The molecule has 1 amide bonds. The normalized spacial score (nSPS) is 18.2. The molecule has 0 saturated heterocycles. The first-order chi connectivity index (χ1) is 18.0. The molecule has 190 valence electrons. The Morgan fingerprint density at radius 1 is 1.08 bits per heavy atom. The molecular formula is C27H31N9O. The van der Waals surface area contributed by atoms with Crippen molar-refractivity contribution in [3.8, 4) is 22.4 Å². The van der Waals surface area contributed by atoms with Crippen LogP contribution in [0.25, 0.3) is 28.0 Å². The predicted molar refractivity (Wildman–Crippen MR) is 144 cm³/mol. The van der Waals surface area contributed by atoms with Crippen LogP contribution in [0.4, 0.5) is 5.82 Å².